The van der Waals surface area contributed by atoms with E-state index in [4.69, 9.17) is 0 Å². The van der Waals surface area contributed by atoms with E-state index in [1.54, 1.807) is 28.7 Å². The van der Waals surface area contributed by atoms with Crippen LogP contribution in [-0.4, -0.2) is 37.0 Å². The maximum Gasteiger partial charge on any atom is 0.243 e. The molecule has 3 aromatic rings. The number of aryl methyl sites for hydroxylation is 1. The number of nitrogens with zero attached hydrogens (tertiary/aromatic N) is 3. The number of hydrazone groups is 1. The topological polar surface area (TPSA) is 74.7 Å². The van der Waals surface area contributed by atoms with Gasteiger partial charge in [0.05, 0.1) is 16.8 Å². The van der Waals surface area contributed by atoms with Crippen LogP contribution in [0.5, 0.6) is 0 Å². The largest absolute Gasteiger partial charge is 0.253 e. The van der Waals surface area contributed by atoms with E-state index >= 15 is 0 Å². The molecule has 1 aliphatic heterocycles. The predicted molar refractivity (Wildman–Crippen MR) is 127 cm³/mol. The Bertz CT molecular complexity index is 1150. The molecule has 0 atom stereocenters. The van der Waals surface area contributed by atoms with Crippen LogP contribution in [0.15, 0.2) is 63.9 Å². The molecule has 0 spiro atoms. The first-order valence-corrected chi connectivity index (χ1v) is 12.8. The third kappa shape index (κ3) is 5.39. The summed E-state index contributed by atoms with van der Waals surface area (Å²) < 4.78 is 27.8. The van der Waals surface area contributed by atoms with Crippen molar-refractivity contribution in [1.29, 1.82) is 0 Å². The van der Waals surface area contributed by atoms with Crippen molar-refractivity contribution >= 4 is 32.7 Å². The quantitative estimate of drug-likeness (QED) is 0.414. The lowest BCUT2D eigenvalue weighted by atomic mass is 10.2. The number of hydrogen-bond donors (Lipinski definition) is 1. The molecule has 6 nitrogen and oxygen atoms in total. The first-order valence-electron chi connectivity index (χ1n) is 10.4. The molecule has 1 saturated heterocycles. The van der Waals surface area contributed by atoms with Gasteiger partial charge in [0.15, 0.2) is 0 Å². The van der Waals surface area contributed by atoms with Crippen molar-refractivity contribution in [3.8, 4) is 11.3 Å². The smallest absolute Gasteiger partial charge is 0.243 e. The molecular weight excluding hydrogens is 428 g/mol. The predicted octanol–water partition coefficient (Wildman–Crippen LogP) is 5.13. The van der Waals surface area contributed by atoms with Crippen molar-refractivity contribution in [1.82, 2.24) is 9.29 Å². The third-order valence-electron chi connectivity index (χ3n) is 5.29. The molecule has 0 bridgehead atoms. The van der Waals surface area contributed by atoms with Crippen molar-refractivity contribution in [2.45, 2.75) is 37.5 Å². The summed E-state index contributed by atoms with van der Waals surface area (Å²) in [6.07, 6.45) is 5.77. The highest BCUT2D eigenvalue weighted by molar-refractivity contribution is 7.89. The van der Waals surface area contributed by atoms with Gasteiger partial charge in [0, 0.05) is 24.0 Å². The second-order valence-electron chi connectivity index (χ2n) is 7.66. The second-order valence-corrected chi connectivity index (χ2v) is 10.5. The molecule has 8 heteroatoms. The van der Waals surface area contributed by atoms with Crippen LogP contribution in [0.25, 0.3) is 11.3 Å². The van der Waals surface area contributed by atoms with Gasteiger partial charge in [-0.1, -0.05) is 54.8 Å². The van der Waals surface area contributed by atoms with Crippen molar-refractivity contribution in [2.24, 2.45) is 5.10 Å². The summed E-state index contributed by atoms with van der Waals surface area (Å²) in [7, 11) is -3.49. The van der Waals surface area contributed by atoms with Crippen LogP contribution in [0, 0.1) is 6.92 Å². The van der Waals surface area contributed by atoms with Gasteiger partial charge in [-0.3, -0.25) is 5.43 Å². The summed E-state index contributed by atoms with van der Waals surface area (Å²) in [6, 6.07) is 15.1. The molecule has 1 aromatic heterocycles. The minimum absolute atomic E-state index is 0.326. The zero-order valence-corrected chi connectivity index (χ0v) is 19.1. The van der Waals surface area contributed by atoms with Gasteiger partial charge in [-0.05, 0) is 37.5 Å². The Kier molecular flexibility index (Phi) is 6.80. The number of sulfonamides is 1. The average Bonchev–Trinajstić information content (AvgIpc) is 3.07. The number of aromatic nitrogens is 1. The Hall–Kier alpha value is -2.55. The highest BCUT2D eigenvalue weighted by Gasteiger charge is 2.25. The van der Waals surface area contributed by atoms with E-state index < -0.39 is 10.0 Å². The summed E-state index contributed by atoms with van der Waals surface area (Å²) in [4.78, 5) is 4.89. The number of rotatable bonds is 6. The molecule has 0 saturated carbocycles. The SMILES string of the molecule is Cc1ccc(/C=N/Nc2nc(-c3cccc(S(=O)(=O)N4CCCCCC4)c3)cs2)cc1. The van der Waals surface area contributed by atoms with E-state index in [-0.39, 0.29) is 0 Å². The molecule has 1 aliphatic rings. The molecule has 2 aromatic carbocycles. The third-order valence-corrected chi connectivity index (χ3v) is 7.93. The maximum absolute atomic E-state index is 13.1. The number of hydrogen-bond acceptors (Lipinski definition) is 6. The van der Waals surface area contributed by atoms with Crippen LogP contribution in [0.3, 0.4) is 0 Å². The summed E-state index contributed by atoms with van der Waals surface area (Å²) in [5.41, 5.74) is 6.66. The Balaban J connectivity index is 1.48. The van der Waals surface area contributed by atoms with Gasteiger partial charge >= 0.3 is 0 Å². The average molecular weight is 455 g/mol. The van der Waals surface area contributed by atoms with E-state index in [1.807, 2.05) is 42.6 Å². The molecule has 0 amide bonds. The normalized spacial score (nSPS) is 15.8. The van der Waals surface area contributed by atoms with E-state index in [2.05, 4.69) is 15.5 Å². The summed E-state index contributed by atoms with van der Waals surface area (Å²) in [5.74, 6) is 0. The number of anilines is 1. The van der Waals surface area contributed by atoms with Crippen LogP contribution >= 0.6 is 11.3 Å². The lowest BCUT2D eigenvalue weighted by Crippen LogP contribution is -2.31. The lowest BCUT2D eigenvalue weighted by Gasteiger charge is -2.20. The standard InChI is InChI=1S/C23H26N4O2S2/c1-18-9-11-19(12-10-18)16-24-26-23-25-22(17-30-23)20-7-6-8-21(15-20)31(28,29)27-13-4-2-3-5-14-27/h6-12,15-17H,2-5,13-14H2,1H3,(H,25,26)/b24-16+. The maximum atomic E-state index is 13.1. The minimum Gasteiger partial charge on any atom is -0.253 e. The molecule has 0 unspecified atom stereocenters. The van der Waals surface area contributed by atoms with Gasteiger partial charge in [0.1, 0.15) is 0 Å². The van der Waals surface area contributed by atoms with Gasteiger partial charge in [0.2, 0.25) is 15.2 Å². The zero-order valence-electron chi connectivity index (χ0n) is 17.5. The van der Waals surface area contributed by atoms with Crippen LogP contribution < -0.4 is 5.43 Å². The molecule has 1 N–H and O–H groups in total. The lowest BCUT2D eigenvalue weighted by molar-refractivity contribution is 0.424. The molecule has 4 rings (SSSR count). The van der Waals surface area contributed by atoms with Crippen molar-refractivity contribution in [3.05, 3.63) is 65.0 Å². The molecule has 0 aliphatic carbocycles. The van der Waals surface area contributed by atoms with Gasteiger partial charge in [0.25, 0.3) is 0 Å². The molecule has 31 heavy (non-hydrogen) atoms. The fourth-order valence-electron chi connectivity index (χ4n) is 3.52. The summed E-state index contributed by atoms with van der Waals surface area (Å²) in [6.45, 7) is 3.23. The summed E-state index contributed by atoms with van der Waals surface area (Å²) in [5, 5.41) is 6.80. The van der Waals surface area contributed by atoms with Crippen molar-refractivity contribution in [2.75, 3.05) is 18.5 Å². The van der Waals surface area contributed by atoms with E-state index in [1.165, 1.54) is 16.9 Å². The fourth-order valence-corrected chi connectivity index (χ4v) is 5.75. The Morgan fingerprint density at radius 2 is 1.81 bits per heavy atom. The highest BCUT2D eigenvalue weighted by Crippen LogP contribution is 2.28. The Morgan fingerprint density at radius 1 is 1.06 bits per heavy atom. The van der Waals surface area contributed by atoms with E-state index in [0.717, 1.165) is 42.5 Å². The van der Waals surface area contributed by atoms with Gasteiger partial charge in [-0.25, -0.2) is 13.4 Å². The first-order chi connectivity index (χ1) is 15.0. The molecule has 2 heterocycles. The van der Waals surface area contributed by atoms with Gasteiger partial charge < -0.3 is 0 Å². The highest BCUT2D eigenvalue weighted by atomic mass is 32.2. The molecular formula is C23H26N4O2S2. The van der Waals surface area contributed by atoms with Gasteiger partial charge in [-0.2, -0.15) is 9.41 Å². The Labute approximate surface area is 187 Å². The number of benzene rings is 2. The van der Waals surface area contributed by atoms with Crippen molar-refractivity contribution < 1.29 is 8.42 Å². The molecule has 1 fully saturated rings. The number of thiazole rings is 1. The van der Waals surface area contributed by atoms with E-state index in [0.29, 0.717) is 23.1 Å². The minimum atomic E-state index is -3.49. The zero-order chi connectivity index (χ0) is 21.7. The summed E-state index contributed by atoms with van der Waals surface area (Å²) >= 11 is 1.43. The first kappa shape index (κ1) is 21.7. The molecule has 162 valence electrons. The monoisotopic (exact) mass is 454 g/mol. The van der Waals surface area contributed by atoms with Gasteiger partial charge in [-0.15, -0.1) is 11.3 Å². The van der Waals surface area contributed by atoms with Crippen LogP contribution in [0.1, 0.15) is 36.8 Å². The fraction of sp³-hybridized carbons (Fsp3) is 0.304. The molecule has 0 radical (unpaired) electrons. The second kappa shape index (κ2) is 9.72. The Morgan fingerprint density at radius 3 is 2.55 bits per heavy atom. The van der Waals surface area contributed by atoms with Crippen LogP contribution in [-0.2, 0) is 10.0 Å². The van der Waals surface area contributed by atoms with Crippen LogP contribution in [0.2, 0.25) is 0 Å². The van der Waals surface area contributed by atoms with Crippen molar-refractivity contribution in [3.63, 3.8) is 0 Å². The van der Waals surface area contributed by atoms with E-state index in [9.17, 15) is 8.42 Å². The van der Waals surface area contributed by atoms with Crippen LogP contribution in [0.4, 0.5) is 5.13 Å². The number of nitrogens with one attached hydrogen (secondary N) is 1.